The highest BCUT2D eigenvalue weighted by Crippen LogP contribution is 2.21. The summed E-state index contributed by atoms with van der Waals surface area (Å²) in [5.74, 6) is -0.784. The van der Waals surface area contributed by atoms with Crippen LogP contribution in [0, 0.1) is 0 Å². The molecule has 1 unspecified atom stereocenters. The first-order chi connectivity index (χ1) is 7.58. The van der Waals surface area contributed by atoms with Gasteiger partial charge in [-0.25, -0.2) is 0 Å². The highest BCUT2D eigenvalue weighted by Gasteiger charge is 2.35. The lowest BCUT2D eigenvalue weighted by Crippen LogP contribution is -2.55. The van der Waals surface area contributed by atoms with E-state index >= 15 is 0 Å². The van der Waals surface area contributed by atoms with Gasteiger partial charge in [0.2, 0.25) is 0 Å². The van der Waals surface area contributed by atoms with Crippen molar-refractivity contribution in [2.75, 3.05) is 39.5 Å². The van der Waals surface area contributed by atoms with Crippen LogP contribution in [0.25, 0.3) is 0 Å². The van der Waals surface area contributed by atoms with Crippen molar-refractivity contribution in [1.82, 2.24) is 4.90 Å². The SMILES string of the molecule is CCOCC(C)(CC(=O)O)N1CCOCC1. The number of morpholine rings is 1. The van der Waals surface area contributed by atoms with Crippen molar-refractivity contribution in [3.8, 4) is 0 Å². The Balaban J connectivity index is 2.62. The molecule has 0 aromatic rings. The van der Waals surface area contributed by atoms with Gasteiger partial charge in [0.15, 0.2) is 0 Å². The standard InChI is InChI=1S/C11H21NO4/c1-3-15-9-11(2,8-10(13)14)12-4-6-16-7-5-12/h3-9H2,1-2H3,(H,13,14). The van der Waals surface area contributed by atoms with Crippen LogP contribution in [0.15, 0.2) is 0 Å². The molecule has 0 bridgehead atoms. The molecule has 1 N–H and O–H groups in total. The van der Waals surface area contributed by atoms with Gasteiger partial charge in [0.05, 0.1) is 31.8 Å². The molecule has 1 rings (SSSR count). The minimum Gasteiger partial charge on any atom is -0.481 e. The zero-order valence-electron chi connectivity index (χ0n) is 10.1. The Bertz CT molecular complexity index is 228. The van der Waals surface area contributed by atoms with Crippen LogP contribution in [0.4, 0.5) is 0 Å². The lowest BCUT2D eigenvalue weighted by molar-refractivity contribution is -0.143. The van der Waals surface area contributed by atoms with Crippen molar-refractivity contribution in [3.63, 3.8) is 0 Å². The summed E-state index contributed by atoms with van der Waals surface area (Å²) in [7, 11) is 0. The molecule has 1 saturated heterocycles. The zero-order chi connectivity index (χ0) is 12.0. The second-order valence-electron chi connectivity index (χ2n) is 4.30. The van der Waals surface area contributed by atoms with E-state index in [0.29, 0.717) is 26.4 Å². The van der Waals surface area contributed by atoms with E-state index in [9.17, 15) is 4.79 Å². The third-order valence-electron chi connectivity index (χ3n) is 2.92. The summed E-state index contributed by atoms with van der Waals surface area (Å²) in [6.07, 6.45) is 0.104. The number of ether oxygens (including phenoxy) is 2. The molecule has 1 heterocycles. The van der Waals surface area contributed by atoms with Crippen molar-refractivity contribution in [3.05, 3.63) is 0 Å². The van der Waals surface area contributed by atoms with Crippen LogP contribution in [0.1, 0.15) is 20.3 Å². The lowest BCUT2D eigenvalue weighted by Gasteiger charge is -2.42. The van der Waals surface area contributed by atoms with Gasteiger partial charge >= 0.3 is 5.97 Å². The molecule has 94 valence electrons. The Morgan fingerprint density at radius 3 is 2.62 bits per heavy atom. The van der Waals surface area contributed by atoms with E-state index in [-0.39, 0.29) is 6.42 Å². The van der Waals surface area contributed by atoms with Gasteiger partial charge in [0.25, 0.3) is 0 Å². The molecule has 0 aromatic carbocycles. The van der Waals surface area contributed by atoms with E-state index in [1.54, 1.807) is 0 Å². The van der Waals surface area contributed by atoms with Crippen LogP contribution in [0.3, 0.4) is 0 Å². The van der Waals surface area contributed by atoms with Gasteiger partial charge in [0, 0.05) is 19.7 Å². The number of hydrogen-bond donors (Lipinski definition) is 1. The number of carboxylic acids is 1. The number of carbonyl (C=O) groups is 1. The van der Waals surface area contributed by atoms with Crippen LogP contribution in [0.5, 0.6) is 0 Å². The minimum atomic E-state index is -0.784. The molecule has 1 fully saturated rings. The lowest BCUT2D eigenvalue weighted by atomic mass is 9.96. The fraction of sp³-hybridized carbons (Fsp3) is 0.909. The van der Waals surface area contributed by atoms with Gasteiger partial charge in [-0.2, -0.15) is 0 Å². The molecule has 0 aromatic heterocycles. The van der Waals surface area contributed by atoms with Gasteiger partial charge in [-0.3, -0.25) is 9.69 Å². The Morgan fingerprint density at radius 2 is 2.12 bits per heavy atom. The summed E-state index contributed by atoms with van der Waals surface area (Å²) in [5.41, 5.74) is -0.425. The molecule has 1 atom stereocenters. The monoisotopic (exact) mass is 231 g/mol. The number of nitrogens with zero attached hydrogens (tertiary/aromatic N) is 1. The quantitative estimate of drug-likeness (QED) is 0.725. The molecule has 0 radical (unpaired) electrons. The minimum absolute atomic E-state index is 0.104. The summed E-state index contributed by atoms with van der Waals surface area (Å²) < 4.78 is 10.7. The molecular weight excluding hydrogens is 210 g/mol. The molecule has 0 spiro atoms. The molecule has 16 heavy (non-hydrogen) atoms. The van der Waals surface area contributed by atoms with Crippen molar-refractivity contribution >= 4 is 5.97 Å². The second kappa shape index (κ2) is 6.18. The fourth-order valence-electron chi connectivity index (χ4n) is 2.01. The third kappa shape index (κ3) is 3.73. The van der Waals surface area contributed by atoms with Gasteiger partial charge < -0.3 is 14.6 Å². The average molecular weight is 231 g/mol. The maximum atomic E-state index is 10.9. The first kappa shape index (κ1) is 13.4. The summed E-state index contributed by atoms with van der Waals surface area (Å²) in [6.45, 7) is 7.81. The van der Waals surface area contributed by atoms with E-state index < -0.39 is 11.5 Å². The summed E-state index contributed by atoms with van der Waals surface area (Å²) in [6, 6.07) is 0. The Morgan fingerprint density at radius 1 is 1.50 bits per heavy atom. The predicted octanol–water partition coefficient (Wildman–Crippen LogP) is 0.589. The molecule has 1 aliphatic rings. The molecule has 5 heteroatoms. The number of carboxylic acid groups (broad SMARTS) is 1. The van der Waals surface area contributed by atoms with Gasteiger partial charge in [0.1, 0.15) is 0 Å². The highest BCUT2D eigenvalue weighted by molar-refractivity contribution is 5.68. The molecule has 0 amide bonds. The van der Waals surface area contributed by atoms with E-state index in [1.165, 1.54) is 0 Å². The second-order valence-corrected chi connectivity index (χ2v) is 4.30. The Kier molecular flexibility index (Phi) is 5.18. The molecule has 5 nitrogen and oxygen atoms in total. The maximum Gasteiger partial charge on any atom is 0.305 e. The van der Waals surface area contributed by atoms with Crippen molar-refractivity contribution in [2.45, 2.75) is 25.8 Å². The highest BCUT2D eigenvalue weighted by atomic mass is 16.5. The van der Waals surface area contributed by atoms with E-state index in [4.69, 9.17) is 14.6 Å². The summed E-state index contributed by atoms with van der Waals surface area (Å²) in [5, 5.41) is 8.97. The maximum absolute atomic E-state index is 10.9. The molecule has 0 aliphatic carbocycles. The number of hydrogen-bond acceptors (Lipinski definition) is 4. The van der Waals surface area contributed by atoms with Gasteiger partial charge in [-0.15, -0.1) is 0 Å². The summed E-state index contributed by atoms with van der Waals surface area (Å²) in [4.78, 5) is 13.1. The Labute approximate surface area is 96.3 Å². The van der Waals surface area contributed by atoms with Gasteiger partial charge in [-0.1, -0.05) is 0 Å². The van der Waals surface area contributed by atoms with Crippen LogP contribution in [-0.4, -0.2) is 61.0 Å². The first-order valence-electron chi connectivity index (χ1n) is 5.71. The smallest absolute Gasteiger partial charge is 0.305 e. The van der Waals surface area contributed by atoms with Crippen LogP contribution in [-0.2, 0) is 14.3 Å². The molecular formula is C11H21NO4. The first-order valence-corrected chi connectivity index (χ1v) is 5.71. The van der Waals surface area contributed by atoms with Crippen LogP contribution >= 0.6 is 0 Å². The van der Waals surface area contributed by atoms with Crippen molar-refractivity contribution in [1.29, 1.82) is 0 Å². The number of aliphatic carboxylic acids is 1. The van der Waals surface area contributed by atoms with E-state index in [0.717, 1.165) is 13.1 Å². The normalized spacial score (nSPS) is 21.6. The van der Waals surface area contributed by atoms with Crippen LogP contribution in [0.2, 0.25) is 0 Å². The van der Waals surface area contributed by atoms with Crippen LogP contribution < -0.4 is 0 Å². The average Bonchev–Trinajstić information content (AvgIpc) is 2.27. The topological polar surface area (TPSA) is 59.0 Å². The molecule has 1 aliphatic heterocycles. The Hall–Kier alpha value is -0.650. The molecule has 0 saturated carbocycles. The largest absolute Gasteiger partial charge is 0.481 e. The third-order valence-corrected chi connectivity index (χ3v) is 2.92. The fourth-order valence-corrected chi connectivity index (χ4v) is 2.01. The predicted molar refractivity (Wildman–Crippen MR) is 59.5 cm³/mol. The van der Waals surface area contributed by atoms with Gasteiger partial charge in [-0.05, 0) is 13.8 Å². The zero-order valence-corrected chi connectivity index (χ0v) is 10.1. The van der Waals surface area contributed by atoms with E-state index in [2.05, 4.69) is 4.90 Å². The van der Waals surface area contributed by atoms with Crippen molar-refractivity contribution < 1.29 is 19.4 Å². The number of rotatable bonds is 6. The van der Waals surface area contributed by atoms with E-state index in [1.807, 2.05) is 13.8 Å². The van der Waals surface area contributed by atoms with Crippen molar-refractivity contribution in [2.24, 2.45) is 0 Å². The summed E-state index contributed by atoms with van der Waals surface area (Å²) >= 11 is 0.